The van der Waals surface area contributed by atoms with E-state index in [-0.39, 0.29) is 12.1 Å². The summed E-state index contributed by atoms with van der Waals surface area (Å²) in [5, 5.41) is 0. The number of carbonyl (C=O) groups is 1. The molecule has 0 rings (SSSR count). The van der Waals surface area contributed by atoms with Crippen LogP contribution < -0.4 is 0 Å². The van der Waals surface area contributed by atoms with E-state index in [1.54, 1.807) is 0 Å². The smallest absolute Gasteiger partial charge is 0.312 e. The van der Waals surface area contributed by atoms with Crippen molar-refractivity contribution in [1.82, 2.24) is 0 Å². The van der Waals surface area contributed by atoms with Crippen molar-refractivity contribution < 1.29 is 9.53 Å². The summed E-state index contributed by atoms with van der Waals surface area (Å²) in [6.45, 7) is 16.5. The fraction of sp³-hybridized carbons (Fsp3) is 0.929. The largest absolute Gasteiger partial charge is 0.462 e. The molecule has 0 saturated carbocycles. The third kappa shape index (κ3) is 3.80. The minimum Gasteiger partial charge on any atom is -0.462 e. The lowest BCUT2D eigenvalue weighted by Gasteiger charge is -2.33. The van der Waals surface area contributed by atoms with Crippen molar-refractivity contribution in [3.8, 4) is 0 Å². The summed E-state index contributed by atoms with van der Waals surface area (Å²) >= 11 is 0. The topological polar surface area (TPSA) is 26.3 Å². The van der Waals surface area contributed by atoms with Crippen molar-refractivity contribution in [1.29, 1.82) is 0 Å². The number of esters is 1. The molecule has 0 aromatic rings. The average molecular weight is 228 g/mol. The summed E-state index contributed by atoms with van der Waals surface area (Å²) in [6.07, 6.45) is -0.00821. The van der Waals surface area contributed by atoms with Crippen molar-refractivity contribution in [3.05, 3.63) is 0 Å². The molecule has 0 spiro atoms. The monoisotopic (exact) mass is 228 g/mol. The van der Waals surface area contributed by atoms with E-state index in [2.05, 4.69) is 34.6 Å². The van der Waals surface area contributed by atoms with Crippen molar-refractivity contribution >= 4 is 5.97 Å². The van der Waals surface area contributed by atoms with Crippen LogP contribution in [0.4, 0.5) is 0 Å². The summed E-state index contributed by atoms with van der Waals surface area (Å²) in [4.78, 5) is 12.1. The Morgan fingerprint density at radius 1 is 0.938 bits per heavy atom. The summed E-state index contributed by atoms with van der Waals surface area (Å²) in [6, 6.07) is 0. The predicted molar refractivity (Wildman–Crippen MR) is 68.2 cm³/mol. The zero-order valence-electron chi connectivity index (χ0n) is 12.1. The molecule has 2 atom stereocenters. The molecule has 0 aromatic carbocycles. The first-order valence-corrected chi connectivity index (χ1v) is 6.31. The zero-order valence-corrected chi connectivity index (χ0v) is 12.1. The molecule has 96 valence electrons. The Kier molecular flexibility index (Phi) is 5.51. The SMILES string of the molecule is CC(C)C(C)OC(=O)C(C)(C)C(C)C(C)C. The number of hydrogen-bond donors (Lipinski definition) is 0. The third-order valence-corrected chi connectivity index (χ3v) is 3.90. The number of carbonyl (C=O) groups excluding carboxylic acids is 1. The van der Waals surface area contributed by atoms with E-state index in [1.165, 1.54) is 0 Å². The van der Waals surface area contributed by atoms with Crippen LogP contribution in [0.25, 0.3) is 0 Å². The van der Waals surface area contributed by atoms with Gasteiger partial charge < -0.3 is 4.74 Å². The van der Waals surface area contributed by atoms with Crippen molar-refractivity contribution in [2.75, 3.05) is 0 Å². The van der Waals surface area contributed by atoms with Gasteiger partial charge in [-0.15, -0.1) is 0 Å². The maximum absolute atomic E-state index is 12.1. The molecule has 0 heterocycles. The van der Waals surface area contributed by atoms with E-state index in [9.17, 15) is 4.79 Å². The maximum atomic E-state index is 12.1. The van der Waals surface area contributed by atoms with Crippen LogP contribution in [0.5, 0.6) is 0 Å². The normalized spacial score (nSPS) is 16.4. The summed E-state index contributed by atoms with van der Waals surface area (Å²) in [7, 11) is 0. The van der Waals surface area contributed by atoms with Gasteiger partial charge in [-0.1, -0.05) is 34.6 Å². The van der Waals surface area contributed by atoms with Gasteiger partial charge in [-0.05, 0) is 38.5 Å². The molecule has 0 radical (unpaired) electrons. The van der Waals surface area contributed by atoms with Gasteiger partial charge in [-0.2, -0.15) is 0 Å². The van der Waals surface area contributed by atoms with Crippen molar-refractivity contribution in [2.45, 2.75) is 61.5 Å². The first-order chi connectivity index (χ1) is 7.10. The van der Waals surface area contributed by atoms with Gasteiger partial charge in [-0.3, -0.25) is 4.79 Å². The van der Waals surface area contributed by atoms with Gasteiger partial charge in [0.1, 0.15) is 6.10 Å². The summed E-state index contributed by atoms with van der Waals surface area (Å²) in [5.74, 6) is 1.10. The Balaban J connectivity index is 4.58. The Morgan fingerprint density at radius 2 is 1.38 bits per heavy atom. The van der Waals surface area contributed by atoms with Crippen molar-refractivity contribution in [2.24, 2.45) is 23.2 Å². The highest BCUT2D eigenvalue weighted by atomic mass is 16.5. The third-order valence-electron chi connectivity index (χ3n) is 3.90. The van der Waals surface area contributed by atoms with Crippen LogP contribution in [0.2, 0.25) is 0 Å². The molecular weight excluding hydrogens is 200 g/mol. The molecule has 0 N–H and O–H groups in total. The molecule has 0 bridgehead atoms. The van der Waals surface area contributed by atoms with E-state index in [0.29, 0.717) is 17.8 Å². The van der Waals surface area contributed by atoms with Gasteiger partial charge in [0.25, 0.3) is 0 Å². The van der Waals surface area contributed by atoms with Crippen LogP contribution in [0, 0.1) is 23.2 Å². The molecule has 0 aliphatic rings. The maximum Gasteiger partial charge on any atom is 0.312 e. The van der Waals surface area contributed by atoms with E-state index in [0.717, 1.165) is 0 Å². The molecular formula is C14H28O2. The minimum absolute atomic E-state index is 0.00821. The molecule has 2 heteroatoms. The second-order valence-electron chi connectivity index (χ2n) is 6.11. The van der Waals surface area contributed by atoms with Gasteiger partial charge in [0, 0.05) is 0 Å². The second kappa shape index (κ2) is 5.70. The second-order valence-corrected chi connectivity index (χ2v) is 6.11. The van der Waals surface area contributed by atoms with Gasteiger partial charge in [0.2, 0.25) is 0 Å². The molecule has 0 amide bonds. The zero-order chi connectivity index (χ0) is 13.1. The first kappa shape index (κ1) is 15.5. The summed E-state index contributed by atoms with van der Waals surface area (Å²) in [5.41, 5.74) is -0.405. The highest BCUT2D eigenvalue weighted by Gasteiger charge is 2.37. The minimum atomic E-state index is -0.405. The molecule has 0 aromatic heterocycles. The Morgan fingerprint density at radius 3 is 1.69 bits per heavy atom. The van der Waals surface area contributed by atoms with Crippen LogP contribution >= 0.6 is 0 Å². The molecule has 2 unspecified atom stereocenters. The Bertz CT molecular complexity index is 229. The lowest BCUT2D eigenvalue weighted by atomic mass is 9.74. The standard InChI is InChI=1S/C14H28O2/c1-9(2)11(5)14(7,8)13(15)16-12(6)10(3)4/h9-12H,1-8H3. The molecule has 2 nitrogen and oxygen atoms in total. The molecule has 0 aliphatic heterocycles. The predicted octanol–water partition coefficient (Wildman–Crippen LogP) is 3.89. The highest BCUT2D eigenvalue weighted by Crippen LogP contribution is 2.34. The fourth-order valence-electron chi connectivity index (χ4n) is 1.48. The van der Waals surface area contributed by atoms with E-state index < -0.39 is 5.41 Å². The van der Waals surface area contributed by atoms with Crippen LogP contribution in [0.3, 0.4) is 0 Å². The van der Waals surface area contributed by atoms with Gasteiger partial charge in [-0.25, -0.2) is 0 Å². The number of hydrogen-bond acceptors (Lipinski definition) is 2. The van der Waals surface area contributed by atoms with E-state index >= 15 is 0 Å². The lowest BCUT2D eigenvalue weighted by molar-refractivity contribution is -0.164. The fourth-order valence-corrected chi connectivity index (χ4v) is 1.48. The van der Waals surface area contributed by atoms with E-state index in [1.807, 2.05) is 20.8 Å². The van der Waals surface area contributed by atoms with E-state index in [4.69, 9.17) is 4.74 Å². The van der Waals surface area contributed by atoms with Crippen LogP contribution in [0.1, 0.15) is 55.4 Å². The number of ether oxygens (including phenoxy) is 1. The Labute approximate surface area is 101 Å². The molecule has 0 fully saturated rings. The average Bonchev–Trinajstić information content (AvgIpc) is 2.15. The lowest BCUT2D eigenvalue weighted by Crippen LogP contribution is -2.38. The molecule has 0 aliphatic carbocycles. The van der Waals surface area contributed by atoms with Crippen molar-refractivity contribution in [3.63, 3.8) is 0 Å². The quantitative estimate of drug-likeness (QED) is 0.667. The van der Waals surface area contributed by atoms with Gasteiger partial charge >= 0.3 is 5.97 Å². The van der Waals surface area contributed by atoms with Crippen LogP contribution in [-0.4, -0.2) is 12.1 Å². The first-order valence-electron chi connectivity index (χ1n) is 6.31. The summed E-state index contributed by atoms with van der Waals surface area (Å²) < 4.78 is 5.51. The molecule has 16 heavy (non-hydrogen) atoms. The molecule has 0 saturated heterocycles. The van der Waals surface area contributed by atoms with Gasteiger partial charge in [0.15, 0.2) is 0 Å². The van der Waals surface area contributed by atoms with Crippen LogP contribution in [-0.2, 0) is 9.53 Å². The highest BCUT2D eigenvalue weighted by molar-refractivity contribution is 5.76. The van der Waals surface area contributed by atoms with Crippen LogP contribution in [0.15, 0.2) is 0 Å². The number of rotatable bonds is 5. The Hall–Kier alpha value is -0.530. The van der Waals surface area contributed by atoms with Gasteiger partial charge in [0.05, 0.1) is 5.41 Å².